The number of nitrogens with two attached hydrogens (primary N) is 1. The quantitative estimate of drug-likeness (QED) is 0.134. The van der Waals surface area contributed by atoms with Gasteiger partial charge in [-0.15, -0.1) is 0 Å². The molecule has 3 amide bonds. The summed E-state index contributed by atoms with van der Waals surface area (Å²) in [6, 6.07) is 8.03. The number of amides is 3. The number of carbonyl (C=O) groups excluding carboxylic acids is 3. The van der Waals surface area contributed by atoms with Gasteiger partial charge in [-0.3, -0.25) is 19.2 Å². The van der Waals surface area contributed by atoms with Crippen LogP contribution >= 0.6 is 0 Å². The van der Waals surface area contributed by atoms with Crippen LogP contribution in [0.3, 0.4) is 0 Å². The number of phenolic OH excluding ortho intramolecular Hbond substituents is 1. The van der Waals surface area contributed by atoms with Crippen molar-refractivity contribution in [3.63, 3.8) is 0 Å². The average molecular weight is 582 g/mol. The van der Waals surface area contributed by atoms with Crippen molar-refractivity contribution >= 4 is 40.6 Å². The van der Waals surface area contributed by atoms with Crippen LogP contribution in [-0.2, 0) is 36.8 Å². The Morgan fingerprint density at radius 2 is 1.48 bits per heavy atom. The van der Waals surface area contributed by atoms with E-state index in [1.165, 1.54) is 24.3 Å². The summed E-state index contributed by atoms with van der Waals surface area (Å²) in [4.78, 5) is 65.5. The molecule has 0 aliphatic heterocycles. The lowest BCUT2D eigenvalue weighted by Crippen LogP contribution is -2.59. The van der Waals surface area contributed by atoms with Crippen molar-refractivity contribution in [2.45, 2.75) is 57.3 Å². The molecule has 4 atom stereocenters. The number of fused-ring (bicyclic) bond motifs is 1. The summed E-state index contributed by atoms with van der Waals surface area (Å²) in [5.41, 5.74) is 7.76. The average Bonchev–Trinajstić information content (AvgIpc) is 3.33. The van der Waals surface area contributed by atoms with E-state index in [2.05, 4.69) is 20.9 Å². The van der Waals surface area contributed by atoms with Gasteiger partial charge < -0.3 is 42.0 Å². The predicted octanol–water partition coefficient (Wildman–Crippen LogP) is 0.656. The van der Waals surface area contributed by atoms with Gasteiger partial charge in [-0.2, -0.15) is 0 Å². The maximum absolute atomic E-state index is 13.5. The first-order valence-corrected chi connectivity index (χ1v) is 13.3. The molecule has 1 aromatic heterocycles. The second kappa shape index (κ2) is 14.1. The van der Waals surface area contributed by atoms with Gasteiger partial charge in [0.1, 0.15) is 23.9 Å². The Balaban J connectivity index is 1.80. The third kappa shape index (κ3) is 8.54. The number of para-hydroxylation sites is 1. The van der Waals surface area contributed by atoms with Crippen LogP contribution in [0.15, 0.2) is 54.7 Å². The van der Waals surface area contributed by atoms with Crippen LogP contribution in [0.4, 0.5) is 0 Å². The lowest BCUT2D eigenvalue weighted by atomic mass is 9.99. The largest absolute Gasteiger partial charge is 0.508 e. The number of nitrogens with one attached hydrogen (secondary N) is 4. The Morgan fingerprint density at radius 1 is 0.833 bits per heavy atom. The molecule has 3 rings (SSSR count). The molecule has 1 heterocycles. The van der Waals surface area contributed by atoms with Gasteiger partial charge in [0.05, 0.1) is 12.5 Å². The van der Waals surface area contributed by atoms with Gasteiger partial charge in [-0.1, -0.05) is 44.2 Å². The molecule has 13 heteroatoms. The molecule has 4 unspecified atom stereocenters. The number of phenols is 1. The maximum atomic E-state index is 13.5. The van der Waals surface area contributed by atoms with Gasteiger partial charge in [0.15, 0.2) is 0 Å². The second-order valence-corrected chi connectivity index (χ2v) is 10.3. The molecule has 0 fully saturated rings. The number of hydrogen-bond donors (Lipinski definition) is 8. The van der Waals surface area contributed by atoms with E-state index in [4.69, 9.17) is 10.8 Å². The van der Waals surface area contributed by atoms with E-state index in [0.717, 1.165) is 10.9 Å². The minimum absolute atomic E-state index is 0.00752. The Hall–Kier alpha value is -4.91. The fraction of sp³-hybridized carbons (Fsp3) is 0.345. The lowest BCUT2D eigenvalue weighted by Gasteiger charge is -2.27. The zero-order valence-electron chi connectivity index (χ0n) is 23.2. The molecule has 42 heavy (non-hydrogen) atoms. The first-order valence-electron chi connectivity index (χ1n) is 13.3. The number of aromatic amines is 1. The standard InChI is InChI=1S/C29H35N5O8/c1-15(2)25(28(40)33-23(29(41)42)11-16-7-9-18(35)10-8-16)34-27(39)22(32-26(38)20(30)13-24(36)37)12-17-14-31-21-6-4-3-5-19(17)21/h3-10,14-15,20,22-23,25,31,35H,11-13,30H2,1-2H3,(H,32,38)(H,33,40)(H,34,39)(H,36,37)(H,41,42). The topological polar surface area (TPSA) is 224 Å². The molecular formula is C29H35N5O8. The fourth-order valence-corrected chi connectivity index (χ4v) is 4.41. The third-order valence-electron chi connectivity index (χ3n) is 6.70. The van der Waals surface area contributed by atoms with Crippen molar-refractivity contribution in [2.24, 2.45) is 11.7 Å². The number of H-pyrrole nitrogens is 1. The van der Waals surface area contributed by atoms with E-state index in [9.17, 15) is 34.2 Å². The van der Waals surface area contributed by atoms with Crippen molar-refractivity contribution < 1.29 is 39.3 Å². The number of rotatable bonds is 14. The van der Waals surface area contributed by atoms with Crippen LogP contribution in [0, 0.1) is 5.92 Å². The monoisotopic (exact) mass is 581 g/mol. The van der Waals surface area contributed by atoms with Crippen LogP contribution < -0.4 is 21.7 Å². The SMILES string of the molecule is CC(C)C(NC(=O)C(Cc1c[nH]c2ccccc12)NC(=O)C(N)CC(=O)O)C(=O)NC(Cc1ccc(O)cc1)C(=O)O. The number of aliphatic carboxylic acids is 2. The Bertz CT molecular complexity index is 1440. The molecule has 0 aliphatic carbocycles. The summed E-state index contributed by atoms with van der Waals surface area (Å²) in [5.74, 6) is -5.39. The summed E-state index contributed by atoms with van der Waals surface area (Å²) < 4.78 is 0. The highest BCUT2D eigenvalue weighted by Gasteiger charge is 2.32. The highest BCUT2D eigenvalue weighted by Crippen LogP contribution is 2.20. The Kier molecular flexibility index (Phi) is 10.6. The number of carbonyl (C=O) groups is 5. The molecule has 0 bridgehead atoms. The summed E-state index contributed by atoms with van der Waals surface area (Å²) in [6.07, 6.45) is 0.955. The van der Waals surface area contributed by atoms with Gasteiger partial charge in [-0.25, -0.2) is 4.79 Å². The van der Waals surface area contributed by atoms with Crippen LogP contribution in [-0.4, -0.2) is 74.1 Å². The summed E-state index contributed by atoms with van der Waals surface area (Å²) in [6.45, 7) is 3.33. The highest BCUT2D eigenvalue weighted by atomic mass is 16.4. The van der Waals surface area contributed by atoms with Gasteiger partial charge in [0, 0.05) is 29.9 Å². The van der Waals surface area contributed by atoms with Gasteiger partial charge in [0.2, 0.25) is 17.7 Å². The van der Waals surface area contributed by atoms with Crippen molar-refractivity contribution in [3.8, 4) is 5.75 Å². The van der Waals surface area contributed by atoms with E-state index in [1.807, 2.05) is 24.3 Å². The first kappa shape index (κ1) is 31.6. The number of aromatic hydroxyl groups is 1. The van der Waals surface area contributed by atoms with Crippen molar-refractivity contribution in [3.05, 3.63) is 65.9 Å². The third-order valence-corrected chi connectivity index (χ3v) is 6.70. The number of hydrogen-bond acceptors (Lipinski definition) is 7. The molecule has 224 valence electrons. The van der Waals surface area contributed by atoms with E-state index < -0.39 is 66.2 Å². The predicted molar refractivity (Wildman–Crippen MR) is 152 cm³/mol. The molecule has 3 aromatic rings. The normalized spacial score (nSPS) is 14.0. The smallest absolute Gasteiger partial charge is 0.326 e. The second-order valence-electron chi connectivity index (χ2n) is 10.3. The maximum Gasteiger partial charge on any atom is 0.326 e. The summed E-state index contributed by atoms with van der Waals surface area (Å²) in [5, 5.41) is 36.6. The molecule has 2 aromatic carbocycles. The number of aromatic nitrogens is 1. The van der Waals surface area contributed by atoms with Gasteiger partial charge >= 0.3 is 11.9 Å². The van der Waals surface area contributed by atoms with Gasteiger partial charge in [0.25, 0.3) is 0 Å². The minimum Gasteiger partial charge on any atom is -0.508 e. The molecule has 0 spiro atoms. The van der Waals surface area contributed by atoms with E-state index >= 15 is 0 Å². The number of benzene rings is 2. The minimum atomic E-state index is -1.42. The molecule has 0 radical (unpaired) electrons. The van der Waals surface area contributed by atoms with Crippen LogP contribution in [0.25, 0.3) is 10.9 Å². The van der Waals surface area contributed by atoms with Crippen LogP contribution in [0.2, 0.25) is 0 Å². The zero-order valence-corrected chi connectivity index (χ0v) is 23.2. The summed E-state index contributed by atoms with van der Waals surface area (Å²) >= 11 is 0. The van der Waals surface area contributed by atoms with Crippen LogP contribution in [0.1, 0.15) is 31.4 Å². The van der Waals surface area contributed by atoms with E-state index in [-0.39, 0.29) is 18.6 Å². The number of carboxylic acid groups (broad SMARTS) is 2. The van der Waals surface area contributed by atoms with Gasteiger partial charge in [-0.05, 0) is 35.2 Å². The summed E-state index contributed by atoms with van der Waals surface area (Å²) in [7, 11) is 0. The molecular weight excluding hydrogens is 546 g/mol. The molecule has 9 N–H and O–H groups in total. The fourth-order valence-electron chi connectivity index (χ4n) is 4.41. The highest BCUT2D eigenvalue weighted by molar-refractivity contribution is 5.95. The van der Waals surface area contributed by atoms with E-state index in [0.29, 0.717) is 11.1 Å². The zero-order chi connectivity index (χ0) is 31.0. The number of carboxylic acids is 2. The van der Waals surface area contributed by atoms with Crippen molar-refractivity contribution in [1.82, 2.24) is 20.9 Å². The molecule has 0 aliphatic rings. The Morgan fingerprint density at radius 3 is 2.10 bits per heavy atom. The first-order chi connectivity index (χ1) is 19.8. The molecule has 0 saturated heterocycles. The molecule has 0 saturated carbocycles. The molecule has 13 nitrogen and oxygen atoms in total. The van der Waals surface area contributed by atoms with Crippen molar-refractivity contribution in [2.75, 3.05) is 0 Å². The van der Waals surface area contributed by atoms with Crippen LogP contribution in [0.5, 0.6) is 5.75 Å². The Labute approximate surface area is 241 Å². The van der Waals surface area contributed by atoms with E-state index in [1.54, 1.807) is 20.0 Å². The van der Waals surface area contributed by atoms with Crippen molar-refractivity contribution in [1.29, 1.82) is 0 Å². The lowest BCUT2D eigenvalue weighted by molar-refractivity contribution is -0.142.